The van der Waals surface area contributed by atoms with Gasteiger partial charge in [-0.1, -0.05) is 11.4 Å². The molecular weight excluding hydrogens is 222 g/mol. The molecule has 2 aromatic rings. The van der Waals surface area contributed by atoms with Crippen LogP contribution in [0.25, 0.3) is 0 Å². The van der Waals surface area contributed by atoms with Crippen LogP contribution in [0, 0.1) is 6.92 Å². The Bertz CT molecular complexity index is 424. The number of aryl methyl sites for hydroxylation is 1. The van der Waals surface area contributed by atoms with E-state index in [2.05, 4.69) is 21.8 Å². The first-order valence-corrected chi connectivity index (χ1v) is 6.12. The number of nitrogens with one attached hydrogen (secondary N) is 1. The maximum Gasteiger partial charge on any atom is 0.0935 e. The van der Waals surface area contributed by atoms with E-state index in [9.17, 15) is 0 Å². The SMILES string of the molecule is CCNC(Cc1ccoc1)c1snnc1C. The van der Waals surface area contributed by atoms with E-state index < -0.39 is 0 Å². The van der Waals surface area contributed by atoms with Crippen molar-refractivity contribution in [3.05, 3.63) is 34.7 Å². The lowest BCUT2D eigenvalue weighted by Gasteiger charge is -2.15. The fourth-order valence-corrected chi connectivity index (χ4v) is 2.42. The summed E-state index contributed by atoms with van der Waals surface area (Å²) >= 11 is 1.47. The number of hydrogen-bond acceptors (Lipinski definition) is 5. The maximum absolute atomic E-state index is 5.09. The van der Waals surface area contributed by atoms with E-state index in [0.29, 0.717) is 0 Å². The third-order valence-electron chi connectivity index (χ3n) is 2.47. The van der Waals surface area contributed by atoms with Crippen LogP contribution in [0.5, 0.6) is 0 Å². The predicted octanol–water partition coefficient (Wildman–Crippen LogP) is 2.33. The highest BCUT2D eigenvalue weighted by Crippen LogP contribution is 2.23. The molecule has 0 fully saturated rings. The Kier molecular flexibility index (Phi) is 3.69. The Morgan fingerprint density at radius 3 is 3.00 bits per heavy atom. The lowest BCUT2D eigenvalue weighted by molar-refractivity contribution is 0.538. The van der Waals surface area contributed by atoms with E-state index in [1.54, 1.807) is 12.5 Å². The van der Waals surface area contributed by atoms with Crippen molar-refractivity contribution in [3.63, 3.8) is 0 Å². The van der Waals surface area contributed by atoms with Crippen molar-refractivity contribution in [2.45, 2.75) is 26.3 Å². The summed E-state index contributed by atoms with van der Waals surface area (Å²) in [7, 11) is 0. The first-order valence-electron chi connectivity index (χ1n) is 5.34. The summed E-state index contributed by atoms with van der Waals surface area (Å²) in [5, 5.41) is 7.51. The molecule has 16 heavy (non-hydrogen) atoms. The lowest BCUT2D eigenvalue weighted by atomic mass is 10.1. The summed E-state index contributed by atoms with van der Waals surface area (Å²) in [6, 6.07) is 2.27. The molecule has 0 aliphatic carbocycles. The molecule has 0 saturated carbocycles. The van der Waals surface area contributed by atoms with E-state index in [-0.39, 0.29) is 6.04 Å². The molecule has 0 spiro atoms. The van der Waals surface area contributed by atoms with Gasteiger partial charge in [0.05, 0.1) is 23.1 Å². The van der Waals surface area contributed by atoms with Crippen molar-refractivity contribution >= 4 is 11.5 Å². The highest BCUT2D eigenvalue weighted by Gasteiger charge is 2.17. The average molecular weight is 237 g/mol. The highest BCUT2D eigenvalue weighted by molar-refractivity contribution is 7.05. The van der Waals surface area contributed by atoms with Crippen LogP contribution in [-0.2, 0) is 6.42 Å². The van der Waals surface area contributed by atoms with Crippen LogP contribution in [0.4, 0.5) is 0 Å². The van der Waals surface area contributed by atoms with E-state index >= 15 is 0 Å². The van der Waals surface area contributed by atoms with E-state index in [1.807, 2.05) is 13.0 Å². The van der Waals surface area contributed by atoms with Crippen molar-refractivity contribution in [3.8, 4) is 0 Å². The summed E-state index contributed by atoms with van der Waals surface area (Å²) in [4.78, 5) is 1.21. The smallest absolute Gasteiger partial charge is 0.0935 e. The van der Waals surface area contributed by atoms with Gasteiger partial charge in [-0.15, -0.1) is 5.10 Å². The van der Waals surface area contributed by atoms with Gasteiger partial charge < -0.3 is 9.73 Å². The molecule has 0 aliphatic rings. The molecule has 1 atom stereocenters. The van der Waals surface area contributed by atoms with Crippen molar-refractivity contribution < 1.29 is 4.42 Å². The minimum Gasteiger partial charge on any atom is -0.472 e. The van der Waals surface area contributed by atoms with Crippen LogP contribution in [0.1, 0.15) is 29.1 Å². The van der Waals surface area contributed by atoms with Gasteiger partial charge in [0.2, 0.25) is 0 Å². The van der Waals surface area contributed by atoms with Gasteiger partial charge >= 0.3 is 0 Å². The van der Waals surface area contributed by atoms with E-state index in [4.69, 9.17) is 4.42 Å². The van der Waals surface area contributed by atoms with Gasteiger partial charge in [0.25, 0.3) is 0 Å². The number of likely N-dealkylation sites (N-methyl/N-ethyl adjacent to an activating group) is 1. The second kappa shape index (κ2) is 5.23. The molecule has 2 heterocycles. The monoisotopic (exact) mass is 237 g/mol. The zero-order valence-corrected chi connectivity index (χ0v) is 10.3. The average Bonchev–Trinajstić information content (AvgIpc) is 2.88. The second-order valence-electron chi connectivity index (χ2n) is 3.67. The minimum absolute atomic E-state index is 0.280. The fourth-order valence-electron chi connectivity index (χ4n) is 1.71. The molecule has 1 unspecified atom stereocenters. The van der Waals surface area contributed by atoms with Gasteiger partial charge in [-0.05, 0) is 43.1 Å². The van der Waals surface area contributed by atoms with Gasteiger partial charge in [0.15, 0.2) is 0 Å². The van der Waals surface area contributed by atoms with Crippen molar-refractivity contribution in [2.75, 3.05) is 6.54 Å². The Balaban J connectivity index is 2.14. The normalized spacial score (nSPS) is 12.9. The first kappa shape index (κ1) is 11.3. The molecule has 2 aromatic heterocycles. The molecule has 2 rings (SSSR count). The van der Waals surface area contributed by atoms with Crippen LogP contribution in [0.2, 0.25) is 0 Å². The zero-order chi connectivity index (χ0) is 11.4. The number of aromatic nitrogens is 2. The molecule has 0 saturated heterocycles. The Labute approximate surface area is 98.8 Å². The van der Waals surface area contributed by atoms with Crippen molar-refractivity contribution in [1.82, 2.24) is 14.9 Å². The van der Waals surface area contributed by atoms with Crippen LogP contribution in [0.3, 0.4) is 0 Å². The molecule has 5 heteroatoms. The predicted molar refractivity (Wildman–Crippen MR) is 63.5 cm³/mol. The summed E-state index contributed by atoms with van der Waals surface area (Å²) in [5.74, 6) is 0. The molecular formula is C11H15N3OS. The highest BCUT2D eigenvalue weighted by atomic mass is 32.1. The molecule has 4 nitrogen and oxygen atoms in total. The Morgan fingerprint density at radius 1 is 1.56 bits per heavy atom. The quantitative estimate of drug-likeness (QED) is 0.867. The molecule has 0 bridgehead atoms. The molecule has 0 amide bonds. The number of hydrogen-bond donors (Lipinski definition) is 1. The number of rotatable bonds is 5. The van der Waals surface area contributed by atoms with Crippen LogP contribution in [0.15, 0.2) is 23.0 Å². The number of furan rings is 1. The fraction of sp³-hybridized carbons (Fsp3) is 0.455. The van der Waals surface area contributed by atoms with Gasteiger partial charge in [-0.3, -0.25) is 0 Å². The van der Waals surface area contributed by atoms with E-state index in [1.165, 1.54) is 22.0 Å². The lowest BCUT2D eigenvalue weighted by Crippen LogP contribution is -2.22. The molecule has 0 aromatic carbocycles. The summed E-state index contributed by atoms with van der Waals surface area (Å²) in [6.45, 7) is 5.03. The minimum atomic E-state index is 0.280. The van der Waals surface area contributed by atoms with Crippen molar-refractivity contribution in [2.24, 2.45) is 0 Å². The van der Waals surface area contributed by atoms with Crippen LogP contribution < -0.4 is 5.32 Å². The van der Waals surface area contributed by atoms with Gasteiger partial charge in [0, 0.05) is 6.04 Å². The molecule has 1 N–H and O–H groups in total. The Morgan fingerprint density at radius 2 is 2.44 bits per heavy atom. The summed E-state index contributed by atoms with van der Waals surface area (Å²) in [5.41, 5.74) is 2.21. The topological polar surface area (TPSA) is 51.0 Å². The Hall–Kier alpha value is -1.20. The van der Waals surface area contributed by atoms with E-state index in [0.717, 1.165) is 18.7 Å². The van der Waals surface area contributed by atoms with Gasteiger partial charge in [-0.25, -0.2) is 0 Å². The maximum atomic E-state index is 5.09. The molecule has 86 valence electrons. The molecule has 0 radical (unpaired) electrons. The number of nitrogens with zero attached hydrogens (tertiary/aromatic N) is 2. The van der Waals surface area contributed by atoms with Gasteiger partial charge in [-0.2, -0.15) is 0 Å². The van der Waals surface area contributed by atoms with Crippen LogP contribution >= 0.6 is 11.5 Å². The van der Waals surface area contributed by atoms with Crippen LogP contribution in [-0.4, -0.2) is 16.1 Å². The summed E-state index contributed by atoms with van der Waals surface area (Å²) < 4.78 is 9.07. The largest absolute Gasteiger partial charge is 0.472 e. The second-order valence-corrected chi connectivity index (χ2v) is 4.45. The third kappa shape index (κ3) is 2.48. The first-order chi connectivity index (χ1) is 7.81. The standard InChI is InChI=1S/C11H15N3OS/c1-3-12-10(6-9-4-5-15-7-9)11-8(2)13-14-16-11/h4-5,7,10,12H,3,6H2,1-2H3. The van der Waals surface area contributed by atoms with Crippen molar-refractivity contribution in [1.29, 1.82) is 0 Å². The zero-order valence-electron chi connectivity index (χ0n) is 9.43. The van der Waals surface area contributed by atoms with Gasteiger partial charge in [0.1, 0.15) is 0 Å². The molecule has 0 aliphatic heterocycles. The third-order valence-corrected chi connectivity index (χ3v) is 3.41. The summed E-state index contributed by atoms with van der Waals surface area (Å²) in [6.07, 6.45) is 4.40.